The summed E-state index contributed by atoms with van der Waals surface area (Å²) >= 11 is 6.70. The maximum absolute atomic E-state index is 5.09. The summed E-state index contributed by atoms with van der Waals surface area (Å²) in [7, 11) is 1.65. The van der Waals surface area contributed by atoms with Crippen LogP contribution < -0.4 is 4.74 Å². The van der Waals surface area contributed by atoms with Crippen LogP contribution in [-0.2, 0) is 0 Å². The van der Waals surface area contributed by atoms with Crippen LogP contribution in [0, 0.1) is 0 Å². The monoisotopic (exact) mass is 330 g/mol. The number of hydrogen-bond donors (Lipinski definition) is 0. The van der Waals surface area contributed by atoms with Gasteiger partial charge in [-0.15, -0.1) is 0 Å². The Morgan fingerprint density at radius 2 is 1.87 bits per heavy atom. The molecule has 1 heterocycles. The van der Waals surface area contributed by atoms with Gasteiger partial charge in [0, 0.05) is 11.9 Å². The lowest BCUT2D eigenvalue weighted by atomic mass is 10.3. The summed E-state index contributed by atoms with van der Waals surface area (Å²) in [5.74, 6) is 0.842. The molecule has 2 rings (SSSR count). The molecule has 1 aromatic carbocycles. The second-order valence-electron chi connectivity index (χ2n) is 2.90. The molecule has 0 atom stereocenters. The van der Waals surface area contributed by atoms with Crippen LogP contribution in [0.25, 0.3) is 5.69 Å². The minimum Gasteiger partial charge on any atom is -0.497 e. The second kappa shape index (κ2) is 4.37. The highest BCUT2D eigenvalue weighted by Crippen LogP contribution is 2.21. The predicted molar refractivity (Wildman–Crippen MR) is 65.5 cm³/mol. The number of methoxy groups -OCH3 is 1. The minimum atomic E-state index is 0.763. The molecule has 0 bridgehead atoms. The van der Waals surface area contributed by atoms with Crippen molar-refractivity contribution < 1.29 is 4.74 Å². The molecule has 0 N–H and O–H groups in total. The second-order valence-corrected chi connectivity index (χ2v) is 4.42. The van der Waals surface area contributed by atoms with Crippen molar-refractivity contribution in [1.29, 1.82) is 0 Å². The van der Waals surface area contributed by atoms with Gasteiger partial charge in [-0.25, -0.2) is 4.98 Å². The van der Waals surface area contributed by atoms with Crippen molar-refractivity contribution in [3.05, 3.63) is 39.8 Å². The Hall–Kier alpha value is -0.810. The number of aromatic nitrogens is 2. The van der Waals surface area contributed by atoms with Crippen LogP contribution in [0.15, 0.2) is 39.8 Å². The van der Waals surface area contributed by atoms with Gasteiger partial charge in [-0.1, -0.05) is 0 Å². The summed E-state index contributed by atoms with van der Waals surface area (Å²) in [6.45, 7) is 0. The molecule has 3 nitrogen and oxygen atoms in total. The fourth-order valence-electron chi connectivity index (χ4n) is 1.25. The van der Waals surface area contributed by atoms with Gasteiger partial charge in [-0.05, 0) is 56.1 Å². The summed E-state index contributed by atoms with van der Waals surface area (Å²) < 4.78 is 8.59. The molecule has 0 amide bonds. The Morgan fingerprint density at radius 1 is 1.20 bits per heavy atom. The maximum atomic E-state index is 5.09. The molecule has 15 heavy (non-hydrogen) atoms. The van der Waals surface area contributed by atoms with Crippen LogP contribution in [0.3, 0.4) is 0 Å². The normalized spacial score (nSPS) is 10.3. The first-order valence-electron chi connectivity index (χ1n) is 4.25. The molecule has 1 aromatic heterocycles. The lowest BCUT2D eigenvalue weighted by Crippen LogP contribution is -1.92. The summed E-state index contributed by atoms with van der Waals surface area (Å²) in [5, 5.41) is 0. The Bertz CT molecular complexity index is 465. The molecule has 0 aliphatic rings. The zero-order valence-corrected chi connectivity index (χ0v) is 11.1. The SMILES string of the molecule is COc1ccc(-n2cc(Br)nc2Br)cc1. The zero-order valence-electron chi connectivity index (χ0n) is 7.95. The largest absolute Gasteiger partial charge is 0.497 e. The van der Waals surface area contributed by atoms with Crippen molar-refractivity contribution in [3.8, 4) is 11.4 Å². The van der Waals surface area contributed by atoms with Crippen molar-refractivity contribution in [2.75, 3.05) is 7.11 Å². The molecular formula is C10H8Br2N2O. The first-order chi connectivity index (χ1) is 7.20. The molecule has 2 aromatic rings. The van der Waals surface area contributed by atoms with E-state index in [1.165, 1.54) is 0 Å². The van der Waals surface area contributed by atoms with Crippen LogP contribution in [0.4, 0.5) is 0 Å². The van der Waals surface area contributed by atoms with Crippen molar-refractivity contribution in [2.45, 2.75) is 0 Å². The number of halogens is 2. The number of benzene rings is 1. The van der Waals surface area contributed by atoms with Gasteiger partial charge in [-0.3, -0.25) is 4.57 Å². The van der Waals surface area contributed by atoms with Crippen LogP contribution in [0.2, 0.25) is 0 Å². The van der Waals surface area contributed by atoms with Gasteiger partial charge in [0.2, 0.25) is 0 Å². The predicted octanol–water partition coefficient (Wildman–Crippen LogP) is 3.41. The van der Waals surface area contributed by atoms with E-state index in [0.717, 1.165) is 20.8 Å². The molecule has 0 radical (unpaired) electrons. The molecular weight excluding hydrogens is 324 g/mol. The maximum Gasteiger partial charge on any atom is 0.182 e. The van der Waals surface area contributed by atoms with Crippen LogP contribution in [-0.4, -0.2) is 16.7 Å². The Labute approximate surface area is 104 Å². The standard InChI is InChI=1S/C10H8Br2N2O/c1-15-8-4-2-7(3-5-8)14-6-9(11)13-10(14)12/h2-6H,1H3. The molecule has 0 fully saturated rings. The fourth-order valence-corrected chi connectivity index (χ4v) is 2.36. The average Bonchev–Trinajstić information content (AvgIpc) is 2.58. The minimum absolute atomic E-state index is 0.763. The molecule has 0 aliphatic heterocycles. The van der Waals surface area contributed by atoms with E-state index >= 15 is 0 Å². The van der Waals surface area contributed by atoms with Crippen LogP contribution >= 0.6 is 31.9 Å². The van der Waals surface area contributed by atoms with E-state index in [2.05, 4.69) is 36.8 Å². The highest BCUT2D eigenvalue weighted by atomic mass is 79.9. The lowest BCUT2D eigenvalue weighted by Gasteiger charge is -2.04. The van der Waals surface area contributed by atoms with Crippen molar-refractivity contribution >= 4 is 31.9 Å². The van der Waals surface area contributed by atoms with E-state index in [1.54, 1.807) is 7.11 Å². The topological polar surface area (TPSA) is 27.1 Å². The number of ether oxygens (including phenoxy) is 1. The van der Waals surface area contributed by atoms with Crippen molar-refractivity contribution in [1.82, 2.24) is 9.55 Å². The zero-order chi connectivity index (χ0) is 10.8. The summed E-state index contributed by atoms with van der Waals surface area (Å²) in [6, 6.07) is 7.76. The van der Waals surface area contributed by atoms with Gasteiger partial charge in [0.1, 0.15) is 10.4 Å². The smallest absolute Gasteiger partial charge is 0.182 e. The third-order valence-corrected chi connectivity index (χ3v) is 2.93. The fraction of sp³-hybridized carbons (Fsp3) is 0.100. The van der Waals surface area contributed by atoms with Crippen LogP contribution in [0.1, 0.15) is 0 Å². The molecule has 0 saturated carbocycles. The first kappa shape index (κ1) is 10.7. The molecule has 0 spiro atoms. The Balaban J connectivity index is 2.41. The third-order valence-electron chi connectivity index (χ3n) is 1.98. The van der Waals surface area contributed by atoms with E-state index in [1.807, 2.05) is 35.0 Å². The van der Waals surface area contributed by atoms with E-state index in [0.29, 0.717) is 0 Å². The molecule has 0 aliphatic carbocycles. The summed E-state index contributed by atoms with van der Waals surface area (Å²) in [5.41, 5.74) is 1.03. The van der Waals surface area contributed by atoms with Crippen molar-refractivity contribution in [3.63, 3.8) is 0 Å². The van der Waals surface area contributed by atoms with E-state index in [9.17, 15) is 0 Å². The first-order valence-corrected chi connectivity index (χ1v) is 5.84. The molecule has 5 heteroatoms. The van der Waals surface area contributed by atoms with Gasteiger partial charge in [0.25, 0.3) is 0 Å². The lowest BCUT2D eigenvalue weighted by molar-refractivity contribution is 0.414. The third kappa shape index (κ3) is 2.23. The van der Waals surface area contributed by atoms with E-state index in [4.69, 9.17) is 4.74 Å². The van der Waals surface area contributed by atoms with Gasteiger partial charge < -0.3 is 4.74 Å². The molecule has 0 unspecified atom stereocenters. The van der Waals surface area contributed by atoms with Gasteiger partial charge >= 0.3 is 0 Å². The van der Waals surface area contributed by atoms with E-state index < -0.39 is 0 Å². The Morgan fingerprint density at radius 3 is 2.33 bits per heavy atom. The summed E-state index contributed by atoms with van der Waals surface area (Å²) in [4.78, 5) is 4.20. The van der Waals surface area contributed by atoms with Gasteiger partial charge in [0.05, 0.1) is 7.11 Å². The number of hydrogen-bond acceptors (Lipinski definition) is 2. The number of nitrogens with zero attached hydrogens (tertiary/aromatic N) is 2. The van der Waals surface area contributed by atoms with Crippen LogP contribution in [0.5, 0.6) is 5.75 Å². The highest BCUT2D eigenvalue weighted by molar-refractivity contribution is 9.11. The number of rotatable bonds is 2. The summed E-state index contributed by atoms with van der Waals surface area (Å²) in [6.07, 6.45) is 1.89. The quantitative estimate of drug-likeness (QED) is 0.843. The molecule has 78 valence electrons. The van der Waals surface area contributed by atoms with E-state index in [-0.39, 0.29) is 0 Å². The van der Waals surface area contributed by atoms with Gasteiger partial charge in [-0.2, -0.15) is 0 Å². The van der Waals surface area contributed by atoms with Crippen molar-refractivity contribution in [2.24, 2.45) is 0 Å². The Kier molecular flexibility index (Phi) is 3.11. The molecule has 0 saturated heterocycles. The average molecular weight is 332 g/mol. The highest BCUT2D eigenvalue weighted by Gasteiger charge is 2.04. The van der Waals surface area contributed by atoms with Gasteiger partial charge in [0.15, 0.2) is 4.73 Å². The number of imidazole rings is 1.